The number of hydrogen-bond acceptors (Lipinski definition) is 7. The number of rotatable bonds is 8. The molecule has 1 amide bonds. The van der Waals surface area contributed by atoms with Crippen molar-refractivity contribution in [2.75, 3.05) is 44.3 Å². The molecule has 0 fully saturated rings. The average Bonchev–Trinajstić information content (AvgIpc) is 2.91. The molecule has 2 N–H and O–H groups in total. The molecule has 2 aromatic rings. The van der Waals surface area contributed by atoms with Gasteiger partial charge in [-0.1, -0.05) is 36.2 Å². The number of fused-ring (bicyclic) bond motifs is 1. The van der Waals surface area contributed by atoms with Crippen LogP contribution in [0.5, 0.6) is 5.75 Å². The standard InChI is InChI=1S/C30H43Cl2N3O6S/c1-20-16-35(21(2)19-36)30(37)25-15-24(33-42(5,38)39)10-12-28(25)41-22(3)8-6-7-13-40-29(20)18-34(4)17-23-9-11-26(31)27(32)14-23/h9-12,14-15,20-22,29,33,36H,6-8,13,16-19H2,1-5H3/t20-,21-,22+,29-/m1/s1. The molecule has 0 radical (unpaired) electrons. The number of halogens is 2. The molecule has 1 aliphatic heterocycles. The molecule has 0 bridgehead atoms. The van der Waals surface area contributed by atoms with Crippen molar-refractivity contribution in [3.63, 3.8) is 0 Å². The molecule has 4 atom stereocenters. The van der Waals surface area contributed by atoms with Crippen LogP contribution in [0.25, 0.3) is 0 Å². The van der Waals surface area contributed by atoms with Gasteiger partial charge >= 0.3 is 0 Å². The highest BCUT2D eigenvalue weighted by molar-refractivity contribution is 7.92. The van der Waals surface area contributed by atoms with E-state index in [2.05, 4.69) is 9.62 Å². The van der Waals surface area contributed by atoms with Crippen molar-refractivity contribution in [3.05, 3.63) is 57.6 Å². The van der Waals surface area contributed by atoms with E-state index in [1.165, 1.54) is 6.07 Å². The van der Waals surface area contributed by atoms with Crippen LogP contribution in [0.1, 0.15) is 56.0 Å². The fourth-order valence-electron chi connectivity index (χ4n) is 4.98. The number of anilines is 1. The van der Waals surface area contributed by atoms with E-state index in [1.807, 2.05) is 33.0 Å². The summed E-state index contributed by atoms with van der Waals surface area (Å²) in [5.41, 5.74) is 1.52. The van der Waals surface area contributed by atoms with Crippen molar-refractivity contribution in [1.82, 2.24) is 9.80 Å². The first-order chi connectivity index (χ1) is 19.8. The third-order valence-corrected chi connectivity index (χ3v) is 8.63. The Kier molecular flexibility index (Phi) is 12.8. The lowest BCUT2D eigenvalue weighted by Crippen LogP contribution is -2.47. The topological polar surface area (TPSA) is 108 Å². The second kappa shape index (κ2) is 15.6. The lowest BCUT2D eigenvalue weighted by atomic mass is 10.0. The summed E-state index contributed by atoms with van der Waals surface area (Å²) in [6, 6.07) is 9.79. The summed E-state index contributed by atoms with van der Waals surface area (Å²) in [6.45, 7) is 7.65. The van der Waals surface area contributed by atoms with Crippen LogP contribution in [0.15, 0.2) is 36.4 Å². The minimum Gasteiger partial charge on any atom is -0.490 e. The first-order valence-corrected chi connectivity index (χ1v) is 16.9. The third-order valence-electron chi connectivity index (χ3n) is 7.28. The van der Waals surface area contributed by atoms with Gasteiger partial charge in [0.15, 0.2) is 0 Å². The number of hydrogen-bond donors (Lipinski definition) is 2. The van der Waals surface area contributed by atoms with E-state index in [9.17, 15) is 18.3 Å². The summed E-state index contributed by atoms with van der Waals surface area (Å²) in [4.78, 5) is 17.9. The number of sulfonamides is 1. The van der Waals surface area contributed by atoms with Crippen LogP contribution in [0.4, 0.5) is 5.69 Å². The number of aliphatic hydroxyl groups is 1. The van der Waals surface area contributed by atoms with Crippen LogP contribution in [0.2, 0.25) is 10.0 Å². The van der Waals surface area contributed by atoms with Crippen LogP contribution >= 0.6 is 23.2 Å². The summed E-state index contributed by atoms with van der Waals surface area (Å²) < 4.78 is 38.9. The highest BCUT2D eigenvalue weighted by atomic mass is 35.5. The van der Waals surface area contributed by atoms with Crippen molar-refractivity contribution < 1.29 is 27.8 Å². The molecule has 0 aliphatic carbocycles. The molecule has 3 rings (SSSR count). The zero-order valence-electron chi connectivity index (χ0n) is 25.0. The van der Waals surface area contributed by atoms with E-state index in [0.717, 1.165) is 31.1 Å². The SMILES string of the molecule is C[C@@H]1CN([C@H](C)CO)C(=O)c2cc(NS(C)(=O)=O)ccc2O[C@@H](C)CCCCO[C@@H]1CN(C)Cc1ccc(Cl)c(Cl)c1. The molecule has 0 unspecified atom stereocenters. The molecular formula is C30H43Cl2N3O6S. The quantitative estimate of drug-likeness (QED) is 0.402. The van der Waals surface area contributed by atoms with Crippen LogP contribution in [-0.4, -0.2) is 87.1 Å². The summed E-state index contributed by atoms with van der Waals surface area (Å²) in [7, 11) is -1.55. The highest BCUT2D eigenvalue weighted by Crippen LogP contribution is 2.29. The Balaban J connectivity index is 1.92. The van der Waals surface area contributed by atoms with Gasteiger partial charge in [0.05, 0.1) is 46.7 Å². The molecule has 9 nitrogen and oxygen atoms in total. The predicted molar refractivity (Wildman–Crippen MR) is 168 cm³/mol. The van der Waals surface area contributed by atoms with E-state index in [-0.39, 0.29) is 41.9 Å². The summed E-state index contributed by atoms with van der Waals surface area (Å²) in [5.74, 6) is -0.0777. The number of ether oxygens (including phenoxy) is 2. The van der Waals surface area contributed by atoms with Crippen molar-refractivity contribution in [3.8, 4) is 5.75 Å². The van der Waals surface area contributed by atoms with Crippen LogP contribution in [-0.2, 0) is 21.3 Å². The lowest BCUT2D eigenvalue weighted by Gasteiger charge is -2.36. The van der Waals surface area contributed by atoms with Gasteiger partial charge in [-0.05, 0) is 76.1 Å². The Labute approximate surface area is 260 Å². The molecule has 0 aromatic heterocycles. The van der Waals surface area contributed by atoms with Gasteiger partial charge in [0.25, 0.3) is 5.91 Å². The van der Waals surface area contributed by atoms with Gasteiger partial charge in [-0.3, -0.25) is 14.4 Å². The number of amides is 1. The number of nitrogens with one attached hydrogen (secondary N) is 1. The Morgan fingerprint density at radius 1 is 1.14 bits per heavy atom. The highest BCUT2D eigenvalue weighted by Gasteiger charge is 2.30. The first kappa shape index (κ1) is 34.4. The number of aliphatic hydroxyl groups excluding tert-OH is 1. The molecule has 0 saturated carbocycles. The molecular weight excluding hydrogens is 601 g/mol. The summed E-state index contributed by atoms with van der Waals surface area (Å²) >= 11 is 12.3. The molecule has 234 valence electrons. The zero-order valence-corrected chi connectivity index (χ0v) is 27.3. The second-order valence-corrected chi connectivity index (χ2v) is 13.9. The van der Waals surface area contributed by atoms with Gasteiger partial charge in [-0.2, -0.15) is 0 Å². The molecule has 1 heterocycles. The van der Waals surface area contributed by atoms with Gasteiger partial charge in [0.1, 0.15) is 5.75 Å². The van der Waals surface area contributed by atoms with Crippen LogP contribution < -0.4 is 9.46 Å². The van der Waals surface area contributed by atoms with Gasteiger partial charge in [-0.25, -0.2) is 8.42 Å². The maximum absolute atomic E-state index is 14.1. The largest absolute Gasteiger partial charge is 0.490 e. The Morgan fingerprint density at radius 2 is 1.88 bits per heavy atom. The van der Waals surface area contributed by atoms with E-state index in [4.69, 9.17) is 32.7 Å². The maximum Gasteiger partial charge on any atom is 0.258 e. The fourth-order valence-corrected chi connectivity index (χ4v) is 5.86. The van der Waals surface area contributed by atoms with Gasteiger partial charge in [-0.15, -0.1) is 0 Å². The minimum atomic E-state index is -3.56. The first-order valence-electron chi connectivity index (χ1n) is 14.2. The zero-order chi connectivity index (χ0) is 31.0. The summed E-state index contributed by atoms with van der Waals surface area (Å²) in [6.07, 6.45) is 3.17. The lowest BCUT2D eigenvalue weighted by molar-refractivity contribution is -0.0177. The maximum atomic E-state index is 14.1. The average molecular weight is 645 g/mol. The van der Waals surface area contributed by atoms with E-state index in [1.54, 1.807) is 30.0 Å². The smallest absolute Gasteiger partial charge is 0.258 e. The Bertz CT molecular complexity index is 1310. The number of carbonyl (C=O) groups excluding carboxylic acids is 1. The molecule has 42 heavy (non-hydrogen) atoms. The molecule has 0 saturated heterocycles. The van der Waals surface area contributed by atoms with Crippen LogP contribution in [0, 0.1) is 5.92 Å². The van der Waals surface area contributed by atoms with Crippen molar-refractivity contribution >= 4 is 44.8 Å². The summed E-state index contributed by atoms with van der Waals surface area (Å²) in [5, 5.41) is 11.1. The number of nitrogens with zero attached hydrogens (tertiary/aromatic N) is 2. The fraction of sp³-hybridized carbons (Fsp3) is 0.567. The van der Waals surface area contributed by atoms with Gasteiger partial charge in [0.2, 0.25) is 10.0 Å². The van der Waals surface area contributed by atoms with Gasteiger partial charge in [0, 0.05) is 37.8 Å². The van der Waals surface area contributed by atoms with Crippen molar-refractivity contribution in [1.29, 1.82) is 0 Å². The normalized spacial score (nSPS) is 21.8. The van der Waals surface area contributed by atoms with E-state index >= 15 is 0 Å². The number of likely N-dealkylation sites (N-methyl/N-ethyl adjacent to an activating group) is 1. The third kappa shape index (κ3) is 10.3. The predicted octanol–water partition coefficient (Wildman–Crippen LogP) is 5.29. The van der Waals surface area contributed by atoms with Crippen molar-refractivity contribution in [2.45, 2.75) is 64.8 Å². The Morgan fingerprint density at radius 3 is 2.55 bits per heavy atom. The molecule has 1 aliphatic rings. The van der Waals surface area contributed by atoms with Crippen molar-refractivity contribution in [2.24, 2.45) is 5.92 Å². The number of benzene rings is 2. The van der Waals surface area contributed by atoms with Gasteiger partial charge < -0.3 is 19.5 Å². The Hall–Kier alpha value is -2.08. The second-order valence-electron chi connectivity index (χ2n) is 11.3. The van der Waals surface area contributed by atoms with E-state index < -0.39 is 16.1 Å². The molecule has 0 spiro atoms. The molecule has 12 heteroatoms. The number of carbonyl (C=O) groups is 1. The van der Waals surface area contributed by atoms with E-state index in [0.29, 0.717) is 42.0 Å². The molecule has 2 aromatic carbocycles. The minimum absolute atomic E-state index is 0.0947. The monoisotopic (exact) mass is 643 g/mol. The van der Waals surface area contributed by atoms with Crippen LogP contribution in [0.3, 0.4) is 0 Å².